The van der Waals surface area contributed by atoms with Gasteiger partial charge in [-0.05, 0) is 5.41 Å². The molecule has 0 aromatic heterocycles. The molecule has 4 heteroatoms. The van der Waals surface area contributed by atoms with Crippen molar-refractivity contribution in [3.63, 3.8) is 0 Å². The molecule has 1 N–H and O–H groups in total. The fourth-order valence-corrected chi connectivity index (χ4v) is 0.343. The van der Waals surface area contributed by atoms with Gasteiger partial charge in [0.05, 0.1) is 15.0 Å². The summed E-state index contributed by atoms with van der Waals surface area (Å²) in [5.41, 5.74) is -0.0230. The molecular formula is C7H17BO3. The maximum Gasteiger partial charge on any atom is 0.331 e. The minimum Gasteiger partial charge on any atom is -0.463 e. The van der Waals surface area contributed by atoms with E-state index >= 15 is 0 Å². The Kier molecular flexibility index (Phi) is 6.18. The number of esters is 1. The van der Waals surface area contributed by atoms with E-state index in [1.807, 2.05) is 20.8 Å². The molecule has 0 aromatic rings. The second-order valence-electron chi connectivity index (χ2n) is 3.38. The van der Waals surface area contributed by atoms with Crippen LogP contribution in [0.25, 0.3) is 0 Å². The predicted octanol–water partition coefficient (Wildman–Crippen LogP) is -0.616. The first-order valence-electron chi connectivity index (χ1n) is 3.22. The van der Waals surface area contributed by atoms with E-state index in [0.29, 0.717) is 6.61 Å². The number of rotatable bonds is 2. The quantitative estimate of drug-likeness (QED) is 0.432. The normalized spacial score (nSPS) is 10.2. The molecule has 3 nitrogen and oxygen atoms in total. The summed E-state index contributed by atoms with van der Waals surface area (Å²) in [5, 5.41) is 8.26. The van der Waals surface area contributed by atoms with E-state index in [-0.39, 0.29) is 13.8 Å². The second-order valence-corrected chi connectivity index (χ2v) is 3.38. The molecule has 0 fully saturated rings. The summed E-state index contributed by atoms with van der Waals surface area (Å²) in [6.07, 6.45) is 0. The van der Waals surface area contributed by atoms with Crippen molar-refractivity contribution in [2.75, 3.05) is 13.2 Å². The molecule has 0 rings (SSSR count). The van der Waals surface area contributed by atoms with Gasteiger partial charge in [-0.3, -0.25) is 0 Å². The van der Waals surface area contributed by atoms with Crippen molar-refractivity contribution in [1.82, 2.24) is 0 Å². The third-order valence-electron chi connectivity index (χ3n) is 0.795. The van der Waals surface area contributed by atoms with Crippen molar-refractivity contribution in [3.05, 3.63) is 0 Å². The Morgan fingerprint density at radius 3 is 2.18 bits per heavy atom. The first kappa shape index (κ1) is 13.1. The summed E-state index contributed by atoms with van der Waals surface area (Å²) in [4.78, 5) is 10.4. The van der Waals surface area contributed by atoms with Gasteiger partial charge in [-0.15, -0.1) is 0 Å². The van der Waals surface area contributed by atoms with Crippen molar-refractivity contribution in [3.8, 4) is 0 Å². The van der Waals surface area contributed by atoms with E-state index in [0.717, 1.165) is 0 Å². The molecule has 0 aromatic carbocycles. The van der Waals surface area contributed by atoms with Crippen molar-refractivity contribution in [2.24, 2.45) is 5.41 Å². The largest absolute Gasteiger partial charge is 0.463 e. The maximum absolute atomic E-state index is 10.4. The Labute approximate surface area is 69.3 Å². The van der Waals surface area contributed by atoms with Gasteiger partial charge in [0.1, 0.15) is 6.61 Å². The molecule has 0 saturated carbocycles. The van der Waals surface area contributed by atoms with Crippen molar-refractivity contribution in [1.29, 1.82) is 0 Å². The molecule has 0 unspecified atom stereocenters. The summed E-state index contributed by atoms with van der Waals surface area (Å²) >= 11 is 0. The Balaban J connectivity index is 0. The molecule has 0 amide bonds. The fraction of sp³-hybridized carbons (Fsp3) is 0.857. The van der Waals surface area contributed by atoms with Gasteiger partial charge >= 0.3 is 5.97 Å². The standard InChI is InChI=1S/C7H14O3.BH3/c1-7(2,3)5-10-6(9)4-8;/h8H,4-5H2,1-3H3;1H3. The van der Waals surface area contributed by atoms with Gasteiger partial charge in [-0.25, -0.2) is 4.79 Å². The highest BCUT2D eigenvalue weighted by Gasteiger charge is 2.12. The average Bonchev–Trinajstić information content (AvgIpc) is 1.81. The van der Waals surface area contributed by atoms with Crippen LogP contribution < -0.4 is 0 Å². The lowest BCUT2D eigenvalue weighted by Gasteiger charge is -2.16. The van der Waals surface area contributed by atoms with Gasteiger partial charge in [0, 0.05) is 0 Å². The van der Waals surface area contributed by atoms with E-state index in [9.17, 15) is 4.79 Å². The van der Waals surface area contributed by atoms with E-state index in [2.05, 4.69) is 4.74 Å². The first-order valence-corrected chi connectivity index (χ1v) is 3.22. The van der Waals surface area contributed by atoms with E-state index < -0.39 is 12.6 Å². The summed E-state index contributed by atoms with van der Waals surface area (Å²) in [7, 11) is 0. The lowest BCUT2D eigenvalue weighted by molar-refractivity contribution is -0.149. The van der Waals surface area contributed by atoms with Gasteiger partial charge in [0.2, 0.25) is 0 Å². The number of ether oxygens (including phenoxy) is 1. The Hall–Kier alpha value is -0.505. The predicted molar refractivity (Wildman–Crippen MR) is 47.4 cm³/mol. The van der Waals surface area contributed by atoms with E-state index in [1.165, 1.54) is 0 Å². The molecule has 0 atom stereocenters. The van der Waals surface area contributed by atoms with Gasteiger partial charge in [0.25, 0.3) is 0 Å². The van der Waals surface area contributed by atoms with Crippen LogP contribution in [0.15, 0.2) is 0 Å². The van der Waals surface area contributed by atoms with Gasteiger partial charge in [0.15, 0.2) is 0 Å². The van der Waals surface area contributed by atoms with Crippen LogP contribution in [0, 0.1) is 5.41 Å². The zero-order valence-corrected chi connectivity index (χ0v) is 6.68. The number of carbonyl (C=O) groups is 1. The molecule has 66 valence electrons. The first-order chi connectivity index (χ1) is 4.45. The van der Waals surface area contributed by atoms with Gasteiger partial charge < -0.3 is 9.84 Å². The van der Waals surface area contributed by atoms with Crippen LogP contribution in [0.1, 0.15) is 20.8 Å². The molecule has 11 heavy (non-hydrogen) atoms. The molecule has 0 heterocycles. The number of aliphatic hydroxyl groups excluding tert-OH is 1. The summed E-state index contributed by atoms with van der Waals surface area (Å²) in [6, 6.07) is 0. The highest BCUT2D eigenvalue weighted by molar-refractivity contribution is 5.75. The molecule has 0 aliphatic heterocycles. The minimum absolute atomic E-state index is 0. The van der Waals surface area contributed by atoms with Crippen LogP contribution in [0.4, 0.5) is 0 Å². The maximum atomic E-state index is 10.4. The zero-order chi connectivity index (χ0) is 8.20. The fourth-order valence-electron chi connectivity index (χ4n) is 0.343. The molecular weight excluding hydrogens is 143 g/mol. The zero-order valence-electron chi connectivity index (χ0n) is 6.68. The summed E-state index contributed by atoms with van der Waals surface area (Å²) < 4.78 is 4.67. The molecule has 0 saturated heterocycles. The second kappa shape index (κ2) is 5.19. The highest BCUT2D eigenvalue weighted by atomic mass is 16.5. The molecule has 0 spiro atoms. The van der Waals surface area contributed by atoms with E-state index in [1.54, 1.807) is 0 Å². The average molecular weight is 160 g/mol. The van der Waals surface area contributed by atoms with Crippen LogP contribution >= 0.6 is 0 Å². The third-order valence-corrected chi connectivity index (χ3v) is 0.795. The SMILES string of the molecule is B.CC(C)(C)COC(=O)CO. The Morgan fingerprint density at radius 2 is 1.91 bits per heavy atom. The van der Waals surface area contributed by atoms with Crippen molar-refractivity contribution < 1.29 is 14.6 Å². The van der Waals surface area contributed by atoms with Crippen LogP contribution in [-0.4, -0.2) is 32.7 Å². The molecule has 0 aliphatic carbocycles. The van der Waals surface area contributed by atoms with Crippen LogP contribution in [0.2, 0.25) is 0 Å². The molecule has 0 aliphatic rings. The van der Waals surface area contributed by atoms with Crippen LogP contribution in [0.3, 0.4) is 0 Å². The third kappa shape index (κ3) is 9.49. The topological polar surface area (TPSA) is 46.5 Å². The highest BCUT2D eigenvalue weighted by Crippen LogP contribution is 2.12. The monoisotopic (exact) mass is 160 g/mol. The lowest BCUT2D eigenvalue weighted by atomic mass is 9.99. The number of aliphatic hydroxyl groups is 1. The van der Waals surface area contributed by atoms with E-state index in [4.69, 9.17) is 5.11 Å². The number of carbonyl (C=O) groups excluding carboxylic acids is 1. The minimum atomic E-state index is -0.560. The Bertz CT molecular complexity index is 117. The summed E-state index contributed by atoms with van der Waals surface area (Å²) in [6.45, 7) is 5.69. The van der Waals surface area contributed by atoms with Crippen LogP contribution in [0.5, 0.6) is 0 Å². The van der Waals surface area contributed by atoms with Gasteiger partial charge in [-0.1, -0.05) is 20.8 Å². The lowest BCUT2D eigenvalue weighted by Crippen LogP contribution is -2.19. The van der Waals surface area contributed by atoms with Gasteiger partial charge in [-0.2, -0.15) is 0 Å². The smallest absolute Gasteiger partial charge is 0.331 e. The van der Waals surface area contributed by atoms with Crippen molar-refractivity contribution in [2.45, 2.75) is 20.8 Å². The Morgan fingerprint density at radius 1 is 1.45 bits per heavy atom. The summed E-state index contributed by atoms with van der Waals surface area (Å²) in [5.74, 6) is -0.560. The molecule has 0 radical (unpaired) electrons. The number of hydrogen-bond acceptors (Lipinski definition) is 3. The number of hydrogen-bond donors (Lipinski definition) is 1. The van der Waals surface area contributed by atoms with Crippen molar-refractivity contribution >= 4 is 14.4 Å². The van der Waals surface area contributed by atoms with Crippen LogP contribution in [-0.2, 0) is 9.53 Å². The molecule has 0 bridgehead atoms.